The Kier molecular flexibility index (Phi) is 5.87. The molecule has 0 aliphatic carbocycles. The van der Waals surface area contributed by atoms with Crippen LogP contribution in [0.15, 0.2) is 34.7 Å². The van der Waals surface area contributed by atoms with E-state index < -0.39 is 5.41 Å². The molecule has 0 N–H and O–H groups in total. The van der Waals surface area contributed by atoms with Gasteiger partial charge in [0.2, 0.25) is 0 Å². The fourth-order valence-corrected chi connectivity index (χ4v) is 3.96. The third-order valence-electron chi connectivity index (χ3n) is 5.26. The molecule has 150 valence electrons. The summed E-state index contributed by atoms with van der Waals surface area (Å²) >= 11 is 0. The first kappa shape index (κ1) is 20.1. The molecule has 28 heavy (non-hydrogen) atoms. The average Bonchev–Trinajstić information content (AvgIpc) is 3.01. The highest BCUT2D eigenvalue weighted by Crippen LogP contribution is 2.36. The molecular weight excluding hydrogens is 361 g/mol. The molecule has 2 aromatic rings. The number of carbonyl (C=O) groups excluding carboxylic acids is 2. The molecule has 1 fully saturated rings. The van der Waals surface area contributed by atoms with Gasteiger partial charge in [-0.2, -0.15) is 0 Å². The smallest absolute Gasteiger partial charge is 0.314 e. The van der Waals surface area contributed by atoms with Crippen LogP contribution in [0.3, 0.4) is 0 Å². The zero-order chi connectivity index (χ0) is 20.3. The Balaban J connectivity index is 1.88. The van der Waals surface area contributed by atoms with Crippen LogP contribution in [0.2, 0.25) is 0 Å². The number of esters is 1. The number of aryl methyl sites for hydroxylation is 2. The molecule has 5 nitrogen and oxygen atoms in total. The molecule has 1 atom stereocenters. The number of ether oxygens (including phenoxy) is 1. The molecule has 1 saturated heterocycles. The molecule has 6 heteroatoms. The van der Waals surface area contributed by atoms with Gasteiger partial charge in [0, 0.05) is 18.7 Å². The SMILES string of the molecule is CCOC(=O)C1(Cc2ccc(F)cc2)CCCN(C(=O)c2oc(C)cc2C)C1. The van der Waals surface area contributed by atoms with E-state index in [0.717, 1.165) is 11.1 Å². The van der Waals surface area contributed by atoms with Crippen molar-refractivity contribution in [2.24, 2.45) is 5.41 Å². The predicted octanol–water partition coefficient (Wildman–Crippen LogP) is 4.06. The Morgan fingerprint density at radius 1 is 1.25 bits per heavy atom. The van der Waals surface area contributed by atoms with E-state index in [2.05, 4.69) is 0 Å². The lowest BCUT2D eigenvalue weighted by atomic mass is 9.75. The summed E-state index contributed by atoms with van der Waals surface area (Å²) < 4.78 is 24.2. The number of carbonyl (C=O) groups is 2. The van der Waals surface area contributed by atoms with Crippen molar-refractivity contribution in [1.29, 1.82) is 0 Å². The second kappa shape index (κ2) is 8.17. The molecular formula is C22H26FNO4. The summed E-state index contributed by atoms with van der Waals surface area (Å²) in [5.41, 5.74) is 0.777. The minimum atomic E-state index is -0.850. The van der Waals surface area contributed by atoms with Gasteiger partial charge in [0.15, 0.2) is 5.76 Å². The normalized spacial score (nSPS) is 19.5. The molecule has 3 rings (SSSR count). The topological polar surface area (TPSA) is 59.8 Å². The van der Waals surface area contributed by atoms with Crippen LogP contribution in [0.1, 0.15) is 47.2 Å². The van der Waals surface area contributed by atoms with Gasteiger partial charge >= 0.3 is 5.97 Å². The Labute approximate surface area is 164 Å². The van der Waals surface area contributed by atoms with Gasteiger partial charge in [-0.1, -0.05) is 12.1 Å². The van der Waals surface area contributed by atoms with Crippen LogP contribution in [-0.2, 0) is 16.0 Å². The number of furan rings is 1. The van der Waals surface area contributed by atoms with E-state index in [4.69, 9.17) is 9.15 Å². The molecule has 1 aliphatic heterocycles. The zero-order valence-corrected chi connectivity index (χ0v) is 16.6. The van der Waals surface area contributed by atoms with E-state index in [1.54, 1.807) is 30.9 Å². The second-order valence-electron chi connectivity index (χ2n) is 7.50. The first-order valence-electron chi connectivity index (χ1n) is 9.62. The van der Waals surface area contributed by atoms with E-state index in [9.17, 15) is 14.0 Å². The van der Waals surface area contributed by atoms with E-state index in [0.29, 0.717) is 37.3 Å². The number of nitrogens with zero attached hydrogens (tertiary/aromatic N) is 1. The van der Waals surface area contributed by atoms with E-state index in [1.807, 2.05) is 13.0 Å². The standard InChI is InChI=1S/C22H26FNO4/c1-4-27-21(26)22(13-17-6-8-18(23)9-7-17)10-5-11-24(14-22)20(25)19-15(2)12-16(3)28-19/h6-9,12H,4-5,10-11,13-14H2,1-3H3. The lowest BCUT2D eigenvalue weighted by Crippen LogP contribution is -2.51. The van der Waals surface area contributed by atoms with E-state index in [-0.39, 0.29) is 30.8 Å². The van der Waals surface area contributed by atoms with Crippen molar-refractivity contribution in [2.45, 2.75) is 40.0 Å². The molecule has 1 aromatic heterocycles. The Hall–Kier alpha value is -2.63. The Bertz CT molecular complexity index is 858. The second-order valence-corrected chi connectivity index (χ2v) is 7.50. The van der Waals surface area contributed by atoms with Gasteiger partial charge in [-0.05, 0) is 63.8 Å². The summed E-state index contributed by atoms with van der Waals surface area (Å²) in [5.74, 6) is 0.153. The molecule has 0 saturated carbocycles. The Morgan fingerprint density at radius 3 is 2.57 bits per heavy atom. The number of hydrogen-bond donors (Lipinski definition) is 0. The summed E-state index contributed by atoms with van der Waals surface area (Å²) in [6, 6.07) is 7.95. The maximum atomic E-state index is 13.3. The third kappa shape index (κ3) is 4.11. The number of hydrogen-bond acceptors (Lipinski definition) is 4. The van der Waals surface area contributed by atoms with Gasteiger partial charge in [0.25, 0.3) is 5.91 Å². The number of rotatable bonds is 5. The first-order valence-corrected chi connectivity index (χ1v) is 9.62. The molecule has 1 aromatic carbocycles. The number of amides is 1. The van der Waals surface area contributed by atoms with Gasteiger partial charge < -0.3 is 14.1 Å². The largest absolute Gasteiger partial charge is 0.466 e. The zero-order valence-electron chi connectivity index (χ0n) is 16.6. The van der Waals surface area contributed by atoms with Crippen molar-refractivity contribution in [1.82, 2.24) is 4.90 Å². The summed E-state index contributed by atoms with van der Waals surface area (Å²) in [4.78, 5) is 27.6. The fraction of sp³-hybridized carbons (Fsp3) is 0.455. The molecule has 0 bridgehead atoms. The highest BCUT2D eigenvalue weighted by molar-refractivity contribution is 5.93. The minimum Gasteiger partial charge on any atom is -0.466 e. The van der Waals surface area contributed by atoms with Gasteiger partial charge in [0.1, 0.15) is 11.6 Å². The van der Waals surface area contributed by atoms with Crippen molar-refractivity contribution in [3.63, 3.8) is 0 Å². The fourth-order valence-electron chi connectivity index (χ4n) is 3.96. The average molecular weight is 387 g/mol. The highest BCUT2D eigenvalue weighted by atomic mass is 19.1. The van der Waals surface area contributed by atoms with Gasteiger partial charge in [-0.15, -0.1) is 0 Å². The van der Waals surface area contributed by atoms with Crippen molar-refractivity contribution >= 4 is 11.9 Å². The predicted molar refractivity (Wildman–Crippen MR) is 102 cm³/mol. The van der Waals surface area contributed by atoms with Gasteiger partial charge in [0.05, 0.1) is 12.0 Å². The maximum Gasteiger partial charge on any atom is 0.314 e. The van der Waals surface area contributed by atoms with Crippen molar-refractivity contribution in [3.05, 3.63) is 58.8 Å². The summed E-state index contributed by atoms with van der Waals surface area (Å²) in [7, 11) is 0. The molecule has 0 radical (unpaired) electrons. The number of benzene rings is 1. The first-order chi connectivity index (χ1) is 13.3. The van der Waals surface area contributed by atoms with Gasteiger partial charge in [-0.25, -0.2) is 4.39 Å². The van der Waals surface area contributed by atoms with Crippen LogP contribution in [0.4, 0.5) is 4.39 Å². The van der Waals surface area contributed by atoms with Crippen LogP contribution in [0.5, 0.6) is 0 Å². The maximum absolute atomic E-state index is 13.3. The van der Waals surface area contributed by atoms with Crippen LogP contribution >= 0.6 is 0 Å². The van der Waals surface area contributed by atoms with Crippen molar-refractivity contribution in [3.8, 4) is 0 Å². The van der Waals surface area contributed by atoms with Crippen LogP contribution in [0, 0.1) is 25.1 Å². The quantitative estimate of drug-likeness (QED) is 0.726. The van der Waals surface area contributed by atoms with Crippen molar-refractivity contribution < 1.29 is 23.1 Å². The molecule has 1 aliphatic rings. The summed E-state index contributed by atoms with van der Waals surface area (Å²) in [5, 5.41) is 0. The molecule has 1 unspecified atom stereocenters. The lowest BCUT2D eigenvalue weighted by molar-refractivity contribution is -0.158. The number of halogens is 1. The lowest BCUT2D eigenvalue weighted by Gasteiger charge is -2.40. The summed E-state index contributed by atoms with van der Waals surface area (Å²) in [6.07, 6.45) is 1.69. The minimum absolute atomic E-state index is 0.210. The number of piperidine rings is 1. The Morgan fingerprint density at radius 2 is 1.96 bits per heavy atom. The molecule has 0 spiro atoms. The third-order valence-corrected chi connectivity index (χ3v) is 5.26. The van der Waals surface area contributed by atoms with Gasteiger partial charge in [-0.3, -0.25) is 9.59 Å². The number of likely N-dealkylation sites (tertiary alicyclic amines) is 1. The highest BCUT2D eigenvalue weighted by Gasteiger charge is 2.45. The van der Waals surface area contributed by atoms with E-state index in [1.165, 1.54) is 12.1 Å². The van der Waals surface area contributed by atoms with Crippen LogP contribution < -0.4 is 0 Å². The molecule has 2 heterocycles. The summed E-state index contributed by atoms with van der Waals surface area (Å²) in [6.45, 7) is 6.49. The molecule has 1 amide bonds. The van der Waals surface area contributed by atoms with Crippen LogP contribution in [-0.4, -0.2) is 36.5 Å². The van der Waals surface area contributed by atoms with E-state index >= 15 is 0 Å². The van der Waals surface area contributed by atoms with Crippen molar-refractivity contribution in [2.75, 3.05) is 19.7 Å². The monoisotopic (exact) mass is 387 g/mol. The van der Waals surface area contributed by atoms with Crippen LogP contribution in [0.25, 0.3) is 0 Å².